The minimum absolute atomic E-state index is 0.177. The SMILES string of the molecule is CCC(COC(N)=O)(COC(N)=O)C1CCCCC1. The van der Waals surface area contributed by atoms with Crippen LogP contribution >= 0.6 is 0 Å². The number of primary amides is 2. The molecule has 4 N–H and O–H groups in total. The molecule has 19 heavy (non-hydrogen) atoms. The summed E-state index contributed by atoms with van der Waals surface area (Å²) < 4.78 is 9.98. The maximum Gasteiger partial charge on any atom is 0.404 e. The van der Waals surface area contributed by atoms with Gasteiger partial charge in [-0.15, -0.1) is 0 Å². The number of amides is 2. The molecular formula is C13H24N2O4. The van der Waals surface area contributed by atoms with Gasteiger partial charge >= 0.3 is 12.2 Å². The molecule has 0 aliphatic heterocycles. The fourth-order valence-electron chi connectivity index (χ4n) is 2.91. The largest absolute Gasteiger partial charge is 0.449 e. The Kier molecular flexibility index (Phi) is 5.92. The van der Waals surface area contributed by atoms with E-state index in [4.69, 9.17) is 20.9 Å². The average molecular weight is 272 g/mol. The summed E-state index contributed by atoms with van der Waals surface area (Å²) in [6, 6.07) is 0. The average Bonchev–Trinajstić information content (AvgIpc) is 2.40. The molecule has 110 valence electrons. The van der Waals surface area contributed by atoms with E-state index in [1.807, 2.05) is 6.92 Å². The zero-order valence-electron chi connectivity index (χ0n) is 11.5. The molecule has 0 saturated heterocycles. The molecule has 1 aliphatic rings. The lowest BCUT2D eigenvalue weighted by atomic mass is 9.68. The monoisotopic (exact) mass is 272 g/mol. The Morgan fingerprint density at radius 2 is 1.53 bits per heavy atom. The molecule has 0 aromatic rings. The van der Waals surface area contributed by atoms with Crippen molar-refractivity contribution in [1.82, 2.24) is 0 Å². The standard InChI is InChI=1S/C13H24N2O4/c1-2-13(8-18-11(14)16,9-19-12(15)17)10-6-4-3-5-7-10/h10H,2-9H2,1H3,(H2,14,16)(H2,15,17). The number of carbonyl (C=O) groups is 2. The predicted molar refractivity (Wildman–Crippen MR) is 70.4 cm³/mol. The summed E-state index contributed by atoms with van der Waals surface area (Å²) in [6.07, 6.45) is 4.79. The highest BCUT2D eigenvalue weighted by Crippen LogP contribution is 2.41. The minimum Gasteiger partial charge on any atom is -0.449 e. The second kappa shape index (κ2) is 7.21. The first kappa shape index (κ1) is 15.6. The molecule has 0 unspecified atom stereocenters. The molecule has 0 atom stereocenters. The highest BCUT2D eigenvalue weighted by molar-refractivity contribution is 5.65. The lowest BCUT2D eigenvalue weighted by Crippen LogP contribution is -2.42. The molecule has 0 spiro atoms. The third-order valence-corrected chi connectivity index (χ3v) is 4.18. The zero-order valence-corrected chi connectivity index (χ0v) is 11.5. The van der Waals surface area contributed by atoms with Crippen molar-refractivity contribution in [2.75, 3.05) is 13.2 Å². The topological polar surface area (TPSA) is 105 Å². The van der Waals surface area contributed by atoms with Gasteiger partial charge < -0.3 is 20.9 Å². The van der Waals surface area contributed by atoms with Crippen LogP contribution in [0.2, 0.25) is 0 Å². The van der Waals surface area contributed by atoms with Crippen LogP contribution in [0.1, 0.15) is 45.4 Å². The molecule has 0 heterocycles. The van der Waals surface area contributed by atoms with Crippen LogP contribution in [-0.2, 0) is 9.47 Å². The first-order chi connectivity index (χ1) is 9.00. The van der Waals surface area contributed by atoms with E-state index in [9.17, 15) is 9.59 Å². The number of hydrogen-bond acceptors (Lipinski definition) is 4. The first-order valence-corrected chi connectivity index (χ1v) is 6.84. The predicted octanol–water partition coefficient (Wildman–Crippen LogP) is 2.15. The molecule has 1 rings (SSSR count). The molecule has 0 aromatic heterocycles. The molecule has 0 radical (unpaired) electrons. The van der Waals surface area contributed by atoms with Gasteiger partial charge in [0, 0.05) is 5.41 Å². The third-order valence-electron chi connectivity index (χ3n) is 4.18. The first-order valence-electron chi connectivity index (χ1n) is 6.84. The van der Waals surface area contributed by atoms with Crippen molar-refractivity contribution in [2.24, 2.45) is 22.8 Å². The normalized spacial score (nSPS) is 16.9. The van der Waals surface area contributed by atoms with Gasteiger partial charge in [-0.2, -0.15) is 0 Å². The van der Waals surface area contributed by atoms with Gasteiger partial charge in [0.25, 0.3) is 0 Å². The van der Waals surface area contributed by atoms with Gasteiger partial charge in [-0.1, -0.05) is 26.2 Å². The van der Waals surface area contributed by atoms with Crippen molar-refractivity contribution in [3.8, 4) is 0 Å². The summed E-state index contributed by atoms with van der Waals surface area (Å²) in [7, 11) is 0. The fourth-order valence-corrected chi connectivity index (χ4v) is 2.91. The Hall–Kier alpha value is -1.46. The second-order valence-electron chi connectivity index (χ2n) is 5.27. The molecule has 0 aromatic carbocycles. The Morgan fingerprint density at radius 3 is 1.89 bits per heavy atom. The Labute approximate surface area is 113 Å². The van der Waals surface area contributed by atoms with Gasteiger partial charge in [0.15, 0.2) is 0 Å². The van der Waals surface area contributed by atoms with Crippen LogP contribution in [-0.4, -0.2) is 25.4 Å². The molecule has 6 nitrogen and oxygen atoms in total. The number of ether oxygens (including phenoxy) is 2. The van der Waals surface area contributed by atoms with E-state index in [2.05, 4.69) is 0 Å². The van der Waals surface area contributed by atoms with E-state index in [1.165, 1.54) is 6.42 Å². The lowest BCUT2D eigenvalue weighted by molar-refractivity contribution is -0.0232. The minimum atomic E-state index is -0.798. The van der Waals surface area contributed by atoms with Gasteiger partial charge in [0.2, 0.25) is 0 Å². The number of carbonyl (C=O) groups excluding carboxylic acids is 2. The summed E-state index contributed by atoms with van der Waals surface area (Å²) in [6.45, 7) is 2.36. The molecule has 1 aliphatic carbocycles. The van der Waals surface area contributed by atoms with E-state index in [1.54, 1.807) is 0 Å². The van der Waals surface area contributed by atoms with Crippen LogP contribution in [0.5, 0.6) is 0 Å². The Morgan fingerprint density at radius 1 is 1.05 bits per heavy atom. The molecule has 1 fully saturated rings. The van der Waals surface area contributed by atoms with Crippen molar-refractivity contribution in [2.45, 2.75) is 45.4 Å². The number of nitrogens with two attached hydrogens (primary N) is 2. The van der Waals surface area contributed by atoms with Crippen molar-refractivity contribution < 1.29 is 19.1 Å². The highest BCUT2D eigenvalue weighted by Gasteiger charge is 2.40. The molecule has 1 saturated carbocycles. The number of hydrogen-bond donors (Lipinski definition) is 2. The molecule has 0 bridgehead atoms. The van der Waals surface area contributed by atoms with Crippen LogP contribution in [0.3, 0.4) is 0 Å². The zero-order chi connectivity index (χ0) is 14.3. The summed E-state index contributed by atoms with van der Waals surface area (Å²) in [5.74, 6) is 0.366. The second-order valence-corrected chi connectivity index (χ2v) is 5.27. The Balaban J connectivity index is 2.76. The van der Waals surface area contributed by atoms with Crippen LogP contribution in [0.25, 0.3) is 0 Å². The highest BCUT2D eigenvalue weighted by atomic mass is 16.6. The van der Waals surface area contributed by atoms with Crippen molar-refractivity contribution >= 4 is 12.2 Å². The van der Waals surface area contributed by atoms with Gasteiger partial charge in [-0.25, -0.2) is 9.59 Å². The fraction of sp³-hybridized carbons (Fsp3) is 0.846. The van der Waals surface area contributed by atoms with E-state index in [-0.39, 0.29) is 18.6 Å². The van der Waals surface area contributed by atoms with Gasteiger partial charge in [-0.3, -0.25) is 0 Å². The van der Waals surface area contributed by atoms with Crippen molar-refractivity contribution in [1.29, 1.82) is 0 Å². The van der Waals surface area contributed by atoms with Gasteiger partial charge in [0.1, 0.15) is 13.2 Å². The maximum absolute atomic E-state index is 10.9. The number of rotatable bonds is 6. The van der Waals surface area contributed by atoms with Crippen LogP contribution in [0.4, 0.5) is 9.59 Å². The molecule has 6 heteroatoms. The summed E-state index contributed by atoms with van der Waals surface area (Å²) in [5, 5.41) is 0. The van der Waals surface area contributed by atoms with Crippen molar-refractivity contribution in [3.05, 3.63) is 0 Å². The third kappa shape index (κ3) is 4.61. The van der Waals surface area contributed by atoms with Gasteiger partial charge in [0.05, 0.1) is 0 Å². The van der Waals surface area contributed by atoms with E-state index in [0.29, 0.717) is 5.92 Å². The maximum atomic E-state index is 10.9. The van der Waals surface area contributed by atoms with Gasteiger partial charge in [-0.05, 0) is 25.2 Å². The molecule has 2 amide bonds. The summed E-state index contributed by atoms with van der Waals surface area (Å²) >= 11 is 0. The smallest absolute Gasteiger partial charge is 0.404 e. The summed E-state index contributed by atoms with van der Waals surface area (Å²) in [5.41, 5.74) is 9.72. The van der Waals surface area contributed by atoms with Crippen molar-refractivity contribution in [3.63, 3.8) is 0 Å². The van der Waals surface area contributed by atoms with E-state index >= 15 is 0 Å². The van der Waals surface area contributed by atoms with E-state index in [0.717, 1.165) is 32.1 Å². The molecular weight excluding hydrogens is 248 g/mol. The Bertz CT molecular complexity index is 296. The van der Waals surface area contributed by atoms with Crippen LogP contribution < -0.4 is 11.5 Å². The van der Waals surface area contributed by atoms with Crippen LogP contribution in [0.15, 0.2) is 0 Å². The van der Waals surface area contributed by atoms with E-state index < -0.39 is 12.2 Å². The van der Waals surface area contributed by atoms with Crippen LogP contribution in [0, 0.1) is 11.3 Å². The quantitative estimate of drug-likeness (QED) is 0.772. The lowest BCUT2D eigenvalue weighted by Gasteiger charge is -2.40. The summed E-state index contributed by atoms with van der Waals surface area (Å²) in [4.78, 5) is 21.7.